The van der Waals surface area contributed by atoms with E-state index in [9.17, 15) is 4.79 Å². The summed E-state index contributed by atoms with van der Waals surface area (Å²) in [5.41, 5.74) is 7.57. The zero-order valence-electron chi connectivity index (χ0n) is 13.0. The van der Waals surface area contributed by atoms with Crippen molar-refractivity contribution < 1.29 is 4.79 Å². The summed E-state index contributed by atoms with van der Waals surface area (Å²) in [5.74, 6) is 0.385. The standard InChI is InChI=1S/C16H16N6OS/c1-22-12-8-5-9-17-15(12)19-13(22)10-14(23)20-21-16(24)18-11-6-3-2-4-7-11/h2-9H,10H2,1H3,(H,20,23)(H2,18,21,24). The Balaban J connectivity index is 1.55. The van der Waals surface area contributed by atoms with Gasteiger partial charge in [0.15, 0.2) is 10.8 Å². The highest BCUT2D eigenvalue weighted by Crippen LogP contribution is 2.12. The van der Waals surface area contributed by atoms with Crippen molar-refractivity contribution in [3.05, 3.63) is 54.5 Å². The highest BCUT2D eigenvalue weighted by molar-refractivity contribution is 7.80. The third-order valence-electron chi connectivity index (χ3n) is 3.42. The van der Waals surface area contributed by atoms with Crippen molar-refractivity contribution in [1.29, 1.82) is 0 Å². The lowest BCUT2D eigenvalue weighted by Gasteiger charge is -2.11. The monoisotopic (exact) mass is 340 g/mol. The van der Waals surface area contributed by atoms with E-state index in [1.807, 2.05) is 54.1 Å². The van der Waals surface area contributed by atoms with Crippen LogP contribution in [0.25, 0.3) is 11.2 Å². The topological polar surface area (TPSA) is 83.9 Å². The van der Waals surface area contributed by atoms with Crippen LogP contribution in [0.5, 0.6) is 0 Å². The Hall–Kier alpha value is -3.00. The highest BCUT2D eigenvalue weighted by Gasteiger charge is 2.12. The van der Waals surface area contributed by atoms with Gasteiger partial charge >= 0.3 is 0 Å². The quantitative estimate of drug-likeness (QED) is 0.495. The molecule has 2 aromatic heterocycles. The van der Waals surface area contributed by atoms with Gasteiger partial charge in [-0.2, -0.15) is 0 Å². The van der Waals surface area contributed by atoms with E-state index in [1.54, 1.807) is 6.20 Å². The first-order valence-electron chi connectivity index (χ1n) is 7.30. The number of thiocarbonyl (C=S) groups is 1. The van der Waals surface area contributed by atoms with E-state index in [2.05, 4.69) is 26.1 Å². The number of anilines is 1. The third kappa shape index (κ3) is 3.66. The van der Waals surface area contributed by atoms with Crippen molar-refractivity contribution in [3.63, 3.8) is 0 Å². The van der Waals surface area contributed by atoms with Crippen LogP contribution in [0, 0.1) is 0 Å². The molecular formula is C16H16N6OS. The lowest BCUT2D eigenvalue weighted by Crippen LogP contribution is -2.44. The van der Waals surface area contributed by atoms with Gasteiger partial charge in [-0.25, -0.2) is 9.97 Å². The van der Waals surface area contributed by atoms with Crippen LogP contribution >= 0.6 is 12.2 Å². The van der Waals surface area contributed by atoms with E-state index in [1.165, 1.54) is 0 Å². The molecule has 0 saturated heterocycles. The average Bonchev–Trinajstić information content (AvgIpc) is 2.90. The van der Waals surface area contributed by atoms with Crippen molar-refractivity contribution >= 4 is 40.1 Å². The molecule has 2 heterocycles. The van der Waals surface area contributed by atoms with E-state index in [0.29, 0.717) is 16.6 Å². The molecule has 8 heteroatoms. The van der Waals surface area contributed by atoms with Crippen LogP contribution in [-0.4, -0.2) is 25.6 Å². The molecule has 122 valence electrons. The van der Waals surface area contributed by atoms with E-state index in [0.717, 1.165) is 11.2 Å². The number of amides is 1. The molecule has 3 rings (SSSR count). The first kappa shape index (κ1) is 15.9. The molecule has 0 radical (unpaired) electrons. The average molecular weight is 340 g/mol. The van der Waals surface area contributed by atoms with Gasteiger partial charge in [-0.1, -0.05) is 18.2 Å². The van der Waals surface area contributed by atoms with Crippen molar-refractivity contribution in [2.24, 2.45) is 7.05 Å². The summed E-state index contributed by atoms with van der Waals surface area (Å²) in [5, 5.41) is 3.28. The van der Waals surface area contributed by atoms with Crippen LogP contribution in [0.1, 0.15) is 5.82 Å². The Morgan fingerprint density at radius 2 is 1.96 bits per heavy atom. The van der Waals surface area contributed by atoms with Gasteiger partial charge in [-0.05, 0) is 36.5 Å². The second-order valence-corrected chi connectivity index (χ2v) is 5.51. The number of nitrogens with zero attached hydrogens (tertiary/aromatic N) is 3. The molecular weight excluding hydrogens is 324 g/mol. The number of rotatable bonds is 3. The van der Waals surface area contributed by atoms with Crippen LogP contribution in [0.4, 0.5) is 5.69 Å². The molecule has 0 spiro atoms. The number of carbonyl (C=O) groups is 1. The number of aryl methyl sites for hydroxylation is 1. The van der Waals surface area contributed by atoms with Crippen LogP contribution < -0.4 is 16.2 Å². The third-order valence-corrected chi connectivity index (χ3v) is 3.62. The molecule has 1 aromatic carbocycles. The SMILES string of the molecule is Cn1c(CC(=O)NNC(=S)Nc2ccccc2)nc2ncccc21. The zero-order chi connectivity index (χ0) is 16.9. The fourth-order valence-corrected chi connectivity index (χ4v) is 2.40. The minimum atomic E-state index is -0.245. The maximum Gasteiger partial charge on any atom is 0.245 e. The number of hydrazine groups is 1. The number of nitrogens with one attached hydrogen (secondary N) is 3. The molecule has 0 aliphatic rings. The maximum absolute atomic E-state index is 12.1. The highest BCUT2D eigenvalue weighted by atomic mass is 32.1. The Kier molecular flexibility index (Phi) is 4.66. The number of para-hydroxylation sites is 1. The number of hydrogen-bond donors (Lipinski definition) is 3. The molecule has 7 nitrogen and oxygen atoms in total. The van der Waals surface area contributed by atoms with E-state index >= 15 is 0 Å². The van der Waals surface area contributed by atoms with E-state index in [-0.39, 0.29) is 12.3 Å². The summed E-state index contributed by atoms with van der Waals surface area (Å²) < 4.78 is 1.85. The number of fused-ring (bicyclic) bond motifs is 1. The maximum atomic E-state index is 12.1. The Labute approximate surface area is 144 Å². The van der Waals surface area contributed by atoms with Crippen LogP contribution in [0.2, 0.25) is 0 Å². The van der Waals surface area contributed by atoms with Crippen molar-refractivity contribution in [1.82, 2.24) is 25.4 Å². The number of pyridine rings is 1. The summed E-state index contributed by atoms with van der Waals surface area (Å²) >= 11 is 5.13. The predicted molar refractivity (Wildman–Crippen MR) is 96.2 cm³/mol. The van der Waals surface area contributed by atoms with Crippen molar-refractivity contribution in [2.75, 3.05) is 5.32 Å². The number of carbonyl (C=O) groups excluding carboxylic acids is 1. The van der Waals surface area contributed by atoms with Crippen LogP contribution in [0.15, 0.2) is 48.7 Å². The van der Waals surface area contributed by atoms with Gasteiger partial charge in [-0.15, -0.1) is 0 Å². The predicted octanol–water partition coefficient (Wildman–Crippen LogP) is 1.53. The lowest BCUT2D eigenvalue weighted by atomic mass is 10.3. The van der Waals surface area contributed by atoms with Gasteiger partial charge < -0.3 is 9.88 Å². The Bertz CT molecular complexity index is 877. The number of benzene rings is 1. The number of aromatic nitrogens is 3. The number of imidazole rings is 1. The van der Waals surface area contributed by atoms with Gasteiger partial charge in [0, 0.05) is 18.9 Å². The fourth-order valence-electron chi connectivity index (χ4n) is 2.23. The summed E-state index contributed by atoms with van der Waals surface area (Å²) in [7, 11) is 1.86. The van der Waals surface area contributed by atoms with E-state index < -0.39 is 0 Å². The smallest absolute Gasteiger partial charge is 0.245 e. The number of hydrogen-bond acceptors (Lipinski definition) is 4. The first-order chi connectivity index (χ1) is 11.6. The minimum absolute atomic E-state index is 0.119. The molecule has 0 aliphatic carbocycles. The molecule has 0 atom stereocenters. The Morgan fingerprint density at radius 1 is 1.17 bits per heavy atom. The van der Waals surface area contributed by atoms with Gasteiger partial charge in [0.1, 0.15) is 5.82 Å². The van der Waals surface area contributed by atoms with Crippen LogP contribution in [-0.2, 0) is 18.3 Å². The van der Waals surface area contributed by atoms with Gasteiger partial charge in [-0.3, -0.25) is 15.6 Å². The second-order valence-electron chi connectivity index (χ2n) is 5.10. The van der Waals surface area contributed by atoms with Crippen molar-refractivity contribution in [2.45, 2.75) is 6.42 Å². The van der Waals surface area contributed by atoms with Gasteiger partial charge in [0.05, 0.1) is 11.9 Å². The normalized spacial score (nSPS) is 10.4. The molecule has 0 fully saturated rings. The second kappa shape index (κ2) is 7.05. The van der Waals surface area contributed by atoms with Crippen molar-refractivity contribution in [3.8, 4) is 0 Å². The summed E-state index contributed by atoms with van der Waals surface area (Å²) in [6, 6.07) is 13.2. The summed E-state index contributed by atoms with van der Waals surface area (Å²) in [6.45, 7) is 0. The van der Waals surface area contributed by atoms with Gasteiger partial charge in [0.2, 0.25) is 5.91 Å². The molecule has 3 aromatic rings. The molecule has 0 saturated carbocycles. The largest absolute Gasteiger partial charge is 0.331 e. The molecule has 24 heavy (non-hydrogen) atoms. The molecule has 3 N–H and O–H groups in total. The lowest BCUT2D eigenvalue weighted by molar-refractivity contribution is -0.121. The molecule has 0 unspecified atom stereocenters. The van der Waals surface area contributed by atoms with E-state index in [4.69, 9.17) is 12.2 Å². The molecule has 0 aliphatic heterocycles. The molecule has 1 amide bonds. The fraction of sp³-hybridized carbons (Fsp3) is 0.125. The van der Waals surface area contributed by atoms with Crippen LogP contribution in [0.3, 0.4) is 0 Å². The summed E-state index contributed by atoms with van der Waals surface area (Å²) in [6.07, 6.45) is 1.79. The zero-order valence-corrected chi connectivity index (χ0v) is 13.8. The van der Waals surface area contributed by atoms with Gasteiger partial charge in [0.25, 0.3) is 0 Å². The Morgan fingerprint density at radius 3 is 2.71 bits per heavy atom. The molecule has 0 bridgehead atoms. The first-order valence-corrected chi connectivity index (χ1v) is 7.71. The summed E-state index contributed by atoms with van der Waals surface area (Å²) in [4.78, 5) is 20.6. The minimum Gasteiger partial charge on any atom is -0.331 e.